The average Bonchev–Trinajstić information content (AvgIpc) is 3.16. The molecule has 1 atom stereocenters. The molecule has 0 saturated heterocycles. The molecule has 9 nitrogen and oxygen atoms in total. The number of hydrogen-bond donors (Lipinski definition) is 1. The van der Waals surface area contributed by atoms with Crippen molar-refractivity contribution in [2.45, 2.75) is 46.6 Å². The fraction of sp³-hybridized carbons (Fsp3) is 0.333. The summed E-state index contributed by atoms with van der Waals surface area (Å²) in [5.41, 5.74) is 3.29. The van der Waals surface area contributed by atoms with Gasteiger partial charge >= 0.3 is 5.97 Å². The topological polar surface area (TPSA) is 116 Å². The fourth-order valence-electron chi connectivity index (χ4n) is 3.19. The van der Waals surface area contributed by atoms with Crippen LogP contribution >= 0.6 is 0 Å². The minimum Gasteiger partial charge on any atom is -0.453 e. The fourth-order valence-corrected chi connectivity index (χ4v) is 3.19. The summed E-state index contributed by atoms with van der Waals surface area (Å²) in [7, 11) is 0. The maximum absolute atomic E-state index is 12.4. The van der Waals surface area contributed by atoms with E-state index in [1.54, 1.807) is 28.8 Å². The lowest BCUT2D eigenvalue weighted by molar-refractivity contribution is -0.153. The van der Waals surface area contributed by atoms with Gasteiger partial charge < -0.3 is 10.1 Å². The summed E-state index contributed by atoms with van der Waals surface area (Å²) in [5, 5.41) is 6.77. The van der Waals surface area contributed by atoms with Crippen LogP contribution in [-0.2, 0) is 20.7 Å². The van der Waals surface area contributed by atoms with Gasteiger partial charge in [0.15, 0.2) is 11.9 Å². The van der Waals surface area contributed by atoms with Crippen LogP contribution in [0, 0.1) is 13.8 Å². The molecule has 0 fully saturated rings. The number of ether oxygens (including phenoxy) is 1. The summed E-state index contributed by atoms with van der Waals surface area (Å²) in [6, 6.07) is 6.68. The third kappa shape index (κ3) is 4.51. The van der Waals surface area contributed by atoms with Crippen LogP contribution < -0.4 is 5.32 Å². The van der Waals surface area contributed by atoms with Gasteiger partial charge in [0.1, 0.15) is 6.33 Å². The molecule has 1 amide bonds. The van der Waals surface area contributed by atoms with Gasteiger partial charge in [-0.05, 0) is 51.8 Å². The monoisotopic (exact) mass is 409 g/mol. The van der Waals surface area contributed by atoms with E-state index in [0.29, 0.717) is 23.4 Å². The maximum atomic E-state index is 12.4. The Bertz CT molecular complexity index is 1120. The Labute approximate surface area is 173 Å². The van der Waals surface area contributed by atoms with Crippen molar-refractivity contribution in [3.8, 4) is 0 Å². The zero-order valence-corrected chi connectivity index (χ0v) is 17.3. The molecule has 0 saturated carbocycles. The first-order valence-corrected chi connectivity index (χ1v) is 9.54. The molecule has 1 N–H and O–H groups in total. The van der Waals surface area contributed by atoms with Crippen LogP contribution in [0.5, 0.6) is 0 Å². The van der Waals surface area contributed by atoms with Crippen LogP contribution in [0.4, 0.5) is 5.69 Å². The van der Waals surface area contributed by atoms with E-state index in [2.05, 4.69) is 20.4 Å². The van der Waals surface area contributed by atoms with Gasteiger partial charge in [0.2, 0.25) is 0 Å². The number of benzene rings is 1. The summed E-state index contributed by atoms with van der Waals surface area (Å²) in [5.74, 6) is -0.670. The number of hydrogen-bond acceptors (Lipinski definition) is 7. The molecule has 0 spiro atoms. The molecular formula is C21H23N5O4. The molecule has 156 valence electrons. The Morgan fingerprint density at radius 3 is 2.67 bits per heavy atom. The van der Waals surface area contributed by atoms with Crippen molar-refractivity contribution in [3.63, 3.8) is 0 Å². The Hall–Kier alpha value is -3.62. The first-order valence-electron chi connectivity index (χ1n) is 9.54. The van der Waals surface area contributed by atoms with E-state index in [9.17, 15) is 14.4 Å². The van der Waals surface area contributed by atoms with Crippen molar-refractivity contribution in [1.82, 2.24) is 19.6 Å². The summed E-state index contributed by atoms with van der Waals surface area (Å²) < 4.78 is 6.89. The predicted molar refractivity (Wildman–Crippen MR) is 109 cm³/mol. The molecule has 0 aliphatic heterocycles. The zero-order chi connectivity index (χ0) is 21.8. The van der Waals surface area contributed by atoms with E-state index in [0.717, 1.165) is 17.0 Å². The van der Waals surface area contributed by atoms with Crippen LogP contribution in [0.25, 0.3) is 5.78 Å². The minimum absolute atomic E-state index is 0.0885. The second-order valence-corrected chi connectivity index (χ2v) is 6.96. The lowest BCUT2D eigenvalue weighted by Crippen LogP contribution is -2.30. The highest BCUT2D eigenvalue weighted by Gasteiger charge is 2.20. The summed E-state index contributed by atoms with van der Waals surface area (Å²) >= 11 is 0. The molecule has 1 aromatic carbocycles. The predicted octanol–water partition coefficient (Wildman–Crippen LogP) is 2.45. The first-order chi connectivity index (χ1) is 14.3. The second kappa shape index (κ2) is 8.81. The van der Waals surface area contributed by atoms with Crippen molar-refractivity contribution in [1.29, 1.82) is 0 Å². The van der Waals surface area contributed by atoms with Gasteiger partial charge in [-0.25, -0.2) is 9.50 Å². The number of fused-ring (bicyclic) bond motifs is 1. The van der Waals surface area contributed by atoms with E-state index < -0.39 is 18.0 Å². The van der Waals surface area contributed by atoms with E-state index in [1.807, 2.05) is 13.8 Å². The number of esters is 1. The van der Waals surface area contributed by atoms with Crippen LogP contribution in [0.2, 0.25) is 0 Å². The third-order valence-corrected chi connectivity index (χ3v) is 4.81. The number of amides is 1. The summed E-state index contributed by atoms with van der Waals surface area (Å²) in [6.45, 7) is 6.65. The van der Waals surface area contributed by atoms with Gasteiger partial charge in [-0.15, -0.1) is 0 Å². The molecule has 2 heterocycles. The second-order valence-electron chi connectivity index (χ2n) is 6.96. The number of Topliss-reactive ketones (excluding diaryl/α,β-unsaturated/α-hetero) is 1. The van der Waals surface area contributed by atoms with Gasteiger partial charge in [-0.1, -0.05) is 12.1 Å². The van der Waals surface area contributed by atoms with E-state index >= 15 is 0 Å². The van der Waals surface area contributed by atoms with Gasteiger partial charge in [-0.2, -0.15) is 10.1 Å². The molecule has 0 radical (unpaired) electrons. The van der Waals surface area contributed by atoms with Crippen molar-refractivity contribution in [2.75, 3.05) is 5.32 Å². The smallest absolute Gasteiger partial charge is 0.306 e. The lowest BCUT2D eigenvalue weighted by atomic mass is 10.1. The largest absolute Gasteiger partial charge is 0.453 e. The molecule has 0 bridgehead atoms. The first kappa shape index (κ1) is 21.1. The maximum Gasteiger partial charge on any atom is 0.306 e. The van der Waals surface area contributed by atoms with Crippen molar-refractivity contribution < 1.29 is 19.1 Å². The Balaban J connectivity index is 1.60. The van der Waals surface area contributed by atoms with Gasteiger partial charge in [-0.3, -0.25) is 14.4 Å². The zero-order valence-electron chi connectivity index (χ0n) is 17.3. The molecule has 3 aromatic rings. The number of carbonyl (C=O) groups excluding carboxylic acids is 3. The quantitative estimate of drug-likeness (QED) is 0.471. The normalized spacial score (nSPS) is 11.9. The number of rotatable bonds is 7. The molecule has 9 heteroatoms. The van der Waals surface area contributed by atoms with Gasteiger partial charge in [0, 0.05) is 23.4 Å². The number of nitrogens with one attached hydrogen (secondary N) is 1. The Morgan fingerprint density at radius 1 is 1.20 bits per heavy atom. The van der Waals surface area contributed by atoms with Crippen LogP contribution in [0.15, 0.2) is 30.6 Å². The molecule has 0 aliphatic carbocycles. The average molecular weight is 409 g/mol. The summed E-state index contributed by atoms with van der Waals surface area (Å²) in [6.07, 6.45) is 0.916. The molecule has 3 rings (SSSR count). The number of carbonyl (C=O) groups is 3. The highest BCUT2D eigenvalue weighted by Crippen LogP contribution is 2.17. The van der Waals surface area contributed by atoms with Crippen molar-refractivity contribution in [2.24, 2.45) is 0 Å². The Kier molecular flexibility index (Phi) is 6.20. The standard InChI is InChI=1S/C21H23N5O4/c1-12-16(13(2)26-21(24-12)22-11-23-26)9-10-19(28)30-15(4)20(29)25-18-8-6-5-7-17(18)14(3)27/h5-8,11,15H,9-10H2,1-4H3,(H,25,29). The molecule has 1 unspecified atom stereocenters. The number of anilines is 1. The minimum atomic E-state index is -1.00. The van der Waals surface area contributed by atoms with E-state index in [-0.39, 0.29) is 12.2 Å². The third-order valence-electron chi connectivity index (χ3n) is 4.81. The van der Waals surface area contributed by atoms with Crippen LogP contribution in [-0.4, -0.2) is 43.3 Å². The molecule has 30 heavy (non-hydrogen) atoms. The lowest BCUT2D eigenvalue weighted by Gasteiger charge is -2.15. The highest BCUT2D eigenvalue weighted by atomic mass is 16.5. The highest BCUT2D eigenvalue weighted by molar-refractivity contribution is 6.04. The van der Waals surface area contributed by atoms with Crippen molar-refractivity contribution in [3.05, 3.63) is 53.1 Å². The number of nitrogens with zero attached hydrogens (tertiary/aromatic N) is 4. The molecule has 2 aromatic heterocycles. The van der Waals surface area contributed by atoms with Crippen LogP contribution in [0.3, 0.4) is 0 Å². The molecular weight excluding hydrogens is 386 g/mol. The van der Waals surface area contributed by atoms with Crippen molar-refractivity contribution >= 4 is 29.1 Å². The summed E-state index contributed by atoms with van der Waals surface area (Å²) in [4.78, 5) is 44.8. The molecule has 0 aliphatic rings. The van der Waals surface area contributed by atoms with Crippen LogP contribution in [0.1, 0.15) is 47.6 Å². The van der Waals surface area contributed by atoms with E-state index in [1.165, 1.54) is 20.2 Å². The number of aryl methyl sites for hydroxylation is 2. The number of para-hydroxylation sites is 1. The van der Waals surface area contributed by atoms with E-state index in [4.69, 9.17) is 4.74 Å². The Morgan fingerprint density at radius 2 is 1.93 bits per heavy atom. The van der Waals surface area contributed by atoms with Gasteiger partial charge in [0.25, 0.3) is 11.7 Å². The SMILES string of the molecule is CC(=O)c1ccccc1NC(=O)C(C)OC(=O)CCc1c(C)nc2ncnn2c1C. The number of aromatic nitrogens is 4. The number of ketones is 1. The van der Waals surface area contributed by atoms with Gasteiger partial charge in [0.05, 0.1) is 5.69 Å².